The van der Waals surface area contributed by atoms with Crippen molar-refractivity contribution in [1.82, 2.24) is 0 Å². The van der Waals surface area contributed by atoms with E-state index in [-0.39, 0.29) is 6.29 Å². The van der Waals surface area contributed by atoms with Crippen LogP contribution in [0.15, 0.2) is 0 Å². The largest absolute Gasteiger partial charge is 0.353 e. The molecule has 1 saturated heterocycles. The van der Waals surface area contributed by atoms with E-state index < -0.39 is 0 Å². The van der Waals surface area contributed by atoms with Crippen LogP contribution in [-0.2, 0) is 14.3 Å². The number of rotatable bonds is 4. The molecule has 1 aliphatic heterocycles. The monoisotopic (exact) mass is 158 g/mol. The van der Waals surface area contributed by atoms with Gasteiger partial charge in [0.1, 0.15) is 6.29 Å². The Bertz CT molecular complexity index is 108. The van der Waals surface area contributed by atoms with Gasteiger partial charge in [-0.05, 0) is 19.3 Å². The van der Waals surface area contributed by atoms with E-state index in [4.69, 9.17) is 9.47 Å². The molecule has 0 aromatic carbocycles. The molecular formula is C8H14O3. The molecule has 0 aromatic rings. The number of hydrogen-bond donors (Lipinski definition) is 0. The maximum absolute atomic E-state index is 9.93. The van der Waals surface area contributed by atoms with E-state index in [9.17, 15) is 4.79 Å². The van der Waals surface area contributed by atoms with Crippen molar-refractivity contribution in [2.75, 3.05) is 13.2 Å². The number of ether oxygens (including phenoxy) is 2. The lowest BCUT2D eigenvalue weighted by molar-refractivity contribution is -0.162. The average molecular weight is 158 g/mol. The zero-order valence-electron chi connectivity index (χ0n) is 6.62. The summed E-state index contributed by atoms with van der Waals surface area (Å²) in [6.45, 7) is 1.29. The fourth-order valence-electron chi connectivity index (χ4n) is 1.09. The second-order valence-corrected chi connectivity index (χ2v) is 2.62. The molecule has 1 aliphatic rings. The molecule has 1 atom stereocenters. The molecule has 0 aromatic heterocycles. The first-order valence-corrected chi connectivity index (χ1v) is 4.10. The van der Waals surface area contributed by atoms with E-state index in [1.807, 2.05) is 0 Å². The summed E-state index contributed by atoms with van der Waals surface area (Å²) in [5.41, 5.74) is 0. The maximum Gasteiger partial charge on any atom is 0.157 e. The van der Waals surface area contributed by atoms with Crippen LogP contribution >= 0.6 is 0 Å². The molecule has 1 rings (SSSR count). The van der Waals surface area contributed by atoms with Gasteiger partial charge < -0.3 is 14.3 Å². The van der Waals surface area contributed by atoms with Crippen LogP contribution in [-0.4, -0.2) is 25.8 Å². The van der Waals surface area contributed by atoms with E-state index in [0.29, 0.717) is 13.0 Å². The Morgan fingerprint density at radius 1 is 1.55 bits per heavy atom. The van der Waals surface area contributed by atoms with Crippen LogP contribution in [0.3, 0.4) is 0 Å². The second-order valence-electron chi connectivity index (χ2n) is 2.62. The molecular weight excluding hydrogens is 144 g/mol. The molecule has 64 valence electrons. The van der Waals surface area contributed by atoms with Gasteiger partial charge in [0.15, 0.2) is 6.29 Å². The van der Waals surface area contributed by atoms with Crippen LogP contribution in [0.25, 0.3) is 0 Å². The minimum absolute atomic E-state index is 0.0521. The van der Waals surface area contributed by atoms with Crippen LogP contribution in [0.5, 0.6) is 0 Å². The fraction of sp³-hybridized carbons (Fsp3) is 0.875. The summed E-state index contributed by atoms with van der Waals surface area (Å²) in [4.78, 5) is 9.93. The highest BCUT2D eigenvalue weighted by Crippen LogP contribution is 2.13. The third kappa shape index (κ3) is 3.49. The topological polar surface area (TPSA) is 35.5 Å². The highest BCUT2D eigenvalue weighted by molar-refractivity contribution is 5.49. The minimum Gasteiger partial charge on any atom is -0.353 e. The first-order valence-electron chi connectivity index (χ1n) is 4.10. The highest BCUT2D eigenvalue weighted by atomic mass is 16.7. The first kappa shape index (κ1) is 8.68. The van der Waals surface area contributed by atoms with Gasteiger partial charge in [0.25, 0.3) is 0 Å². The Morgan fingerprint density at radius 3 is 3.09 bits per heavy atom. The third-order valence-corrected chi connectivity index (χ3v) is 1.68. The zero-order chi connectivity index (χ0) is 7.94. The van der Waals surface area contributed by atoms with Crippen LogP contribution in [0, 0.1) is 0 Å². The third-order valence-electron chi connectivity index (χ3n) is 1.68. The van der Waals surface area contributed by atoms with Crippen molar-refractivity contribution < 1.29 is 14.3 Å². The number of carbonyl (C=O) groups excluding carboxylic acids is 1. The highest BCUT2D eigenvalue weighted by Gasteiger charge is 2.12. The van der Waals surface area contributed by atoms with Gasteiger partial charge in [-0.15, -0.1) is 0 Å². The Morgan fingerprint density at radius 2 is 2.45 bits per heavy atom. The van der Waals surface area contributed by atoms with Crippen LogP contribution in [0.2, 0.25) is 0 Å². The van der Waals surface area contributed by atoms with E-state index >= 15 is 0 Å². The first-order chi connectivity index (χ1) is 5.43. The SMILES string of the molecule is O=CCCO[C@H]1CCCCO1. The standard InChI is InChI=1S/C8H14O3/c9-5-3-7-11-8-4-1-2-6-10-8/h5,8H,1-4,6-7H2/t8-/m0/s1. The average Bonchev–Trinajstić information content (AvgIpc) is 2.07. The van der Waals surface area contributed by atoms with Crippen molar-refractivity contribution in [3.05, 3.63) is 0 Å². The second kappa shape index (κ2) is 5.27. The van der Waals surface area contributed by atoms with Gasteiger partial charge in [-0.1, -0.05) is 0 Å². The molecule has 0 bridgehead atoms. The minimum atomic E-state index is -0.0521. The Kier molecular flexibility index (Phi) is 4.16. The summed E-state index contributed by atoms with van der Waals surface area (Å²) >= 11 is 0. The Hall–Kier alpha value is -0.410. The van der Waals surface area contributed by atoms with Gasteiger partial charge >= 0.3 is 0 Å². The van der Waals surface area contributed by atoms with E-state index in [0.717, 1.165) is 25.7 Å². The predicted molar refractivity (Wildman–Crippen MR) is 40.2 cm³/mol. The summed E-state index contributed by atoms with van der Waals surface area (Å²) in [6, 6.07) is 0. The van der Waals surface area contributed by atoms with Gasteiger partial charge in [-0.3, -0.25) is 0 Å². The van der Waals surface area contributed by atoms with Gasteiger partial charge in [0, 0.05) is 13.0 Å². The molecule has 1 fully saturated rings. The molecule has 1 heterocycles. The summed E-state index contributed by atoms with van der Waals surface area (Å²) in [5, 5.41) is 0. The van der Waals surface area contributed by atoms with E-state index in [1.54, 1.807) is 0 Å². The Labute approximate surface area is 66.7 Å². The van der Waals surface area contributed by atoms with Crippen molar-refractivity contribution in [3.63, 3.8) is 0 Å². The summed E-state index contributed by atoms with van der Waals surface area (Å²) in [7, 11) is 0. The molecule has 0 spiro atoms. The number of hydrogen-bond acceptors (Lipinski definition) is 3. The van der Waals surface area contributed by atoms with Gasteiger partial charge in [0.05, 0.1) is 6.61 Å². The lowest BCUT2D eigenvalue weighted by Gasteiger charge is -2.22. The van der Waals surface area contributed by atoms with Crippen molar-refractivity contribution in [2.24, 2.45) is 0 Å². The van der Waals surface area contributed by atoms with E-state index in [1.165, 1.54) is 6.42 Å². The van der Waals surface area contributed by atoms with E-state index in [2.05, 4.69) is 0 Å². The van der Waals surface area contributed by atoms with Gasteiger partial charge in [-0.2, -0.15) is 0 Å². The quantitative estimate of drug-likeness (QED) is 0.454. The molecule has 0 amide bonds. The fourth-order valence-corrected chi connectivity index (χ4v) is 1.09. The molecule has 0 N–H and O–H groups in total. The number of carbonyl (C=O) groups is 1. The summed E-state index contributed by atoms with van der Waals surface area (Å²) < 4.78 is 10.6. The van der Waals surface area contributed by atoms with Crippen molar-refractivity contribution in [3.8, 4) is 0 Å². The van der Waals surface area contributed by atoms with Gasteiger partial charge in [-0.25, -0.2) is 0 Å². The molecule has 3 heteroatoms. The lowest BCUT2D eigenvalue weighted by atomic mass is 10.2. The molecule has 11 heavy (non-hydrogen) atoms. The maximum atomic E-state index is 9.93. The van der Waals surface area contributed by atoms with Crippen molar-refractivity contribution in [2.45, 2.75) is 32.0 Å². The zero-order valence-corrected chi connectivity index (χ0v) is 6.62. The summed E-state index contributed by atoms with van der Waals surface area (Å²) in [6.07, 6.45) is 4.56. The van der Waals surface area contributed by atoms with Crippen molar-refractivity contribution >= 4 is 6.29 Å². The normalized spacial score (nSPS) is 24.9. The van der Waals surface area contributed by atoms with Gasteiger partial charge in [0.2, 0.25) is 0 Å². The number of aldehydes is 1. The summed E-state index contributed by atoms with van der Waals surface area (Å²) in [5.74, 6) is 0. The molecule has 3 nitrogen and oxygen atoms in total. The van der Waals surface area contributed by atoms with Crippen LogP contribution in [0.1, 0.15) is 25.7 Å². The molecule has 0 radical (unpaired) electrons. The van der Waals surface area contributed by atoms with Crippen LogP contribution < -0.4 is 0 Å². The van der Waals surface area contributed by atoms with Crippen molar-refractivity contribution in [1.29, 1.82) is 0 Å². The molecule has 0 saturated carbocycles. The Balaban J connectivity index is 2.00. The lowest BCUT2D eigenvalue weighted by Crippen LogP contribution is -2.22. The smallest absolute Gasteiger partial charge is 0.157 e. The molecule has 0 aliphatic carbocycles. The molecule has 0 unspecified atom stereocenters. The predicted octanol–water partition coefficient (Wildman–Crippen LogP) is 1.12. The van der Waals surface area contributed by atoms with Crippen LogP contribution in [0.4, 0.5) is 0 Å².